The van der Waals surface area contributed by atoms with Crippen molar-refractivity contribution in [2.24, 2.45) is 0 Å². The highest BCUT2D eigenvalue weighted by molar-refractivity contribution is 8.00. The summed E-state index contributed by atoms with van der Waals surface area (Å²) < 4.78 is 2.47. The summed E-state index contributed by atoms with van der Waals surface area (Å²) in [4.78, 5) is 12.0. The molecule has 2 aromatic heterocycles. The van der Waals surface area contributed by atoms with Gasteiger partial charge in [0.25, 0.3) is 5.56 Å². The van der Waals surface area contributed by atoms with Crippen LogP contribution in [-0.2, 0) is 5.75 Å². The first-order valence-corrected chi connectivity index (χ1v) is 8.23. The first-order chi connectivity index (χ1) is 10.1. The van der Waals surface area contributed by atoms with E-state index >= 15 is 0 Å². The van der Waals surface area contributed by atoms with Gasteiger partial charge in [0.05, 0.1) is 5.69 Å². The molecule has 2 heterocycles. The third kappa shape index (κ3) is 3.25. The maximum absolute atomic E-state index is 12.0. The van der Waals surface area contributed by atoms with Crippen molar-refractivity contribution >= 4 is 23.1 Å². The number of hydrogen-bond acceptors (Lipinski definition) is 5. The van der Waals surface area contributed by atoms with Gasteiger partial charge in [-0.05, 0) is 26.0 Å². The highest BCUT2D eigenvalue weighted by Crippen LogP contribution is 2.24. The van der Waals surface area contributed by atoms with Crippen molar-refractivity contribution in [2.75, 3.05) is 0 Å². The molecule has 0 unspecified atom stereocenters. The summed E-state index contributed by atoms with van der Waals surface area (Å²) in [5, 5.41) is 12.1. The third-order valence-electron chi connectivity index (χ3n) is 2.92. The number of nitrogens with zero attached hydrogens (tertiary/aromatic N) is 3. The van der Waals surface area contributed by atoms with Gasteiger partial charge >= 0.3 is 0 Å². The Bertz CT molecular complexity index is 801. The van der Waals surface area contributed by atoms with Crippen molar-refractivity contribution in [1.29, 1.82) is 0 Å². The molecule has 0 amide bonds. The van der Waals surface area contributed by atoms with E-state index in [0.717, 1.165) is 20.7 Å². The average molecular weight is 318 g/mol. The van der Waals surface area contributed by atoms with Crippen LogP contribution in [0.1, 0.15) is 16.3 Å². The summed E-state index contributed by atoms with van der Waals surface area (Å²) in [6, 6.07) is 9.46. The molecule has 0 aliphatic rings. The van der Waals surface area contributed by atoms with E-state index < -0.39 is 0 Å². The zero-order valence-corrected chi connectivity index (χ0v) is 13.3. The summed E-state index contributed by atoms with van der Waals surface area (Å²) in [5.74, 6) is 0.669. The van der Waals surface area contributed by atoms with Gasteiger partial charge in [0.15, 0.2) is 4.34 Å². The number of aryl methyl sites for hydroxylation is 2. The minimum absolute atomic E-state index is 0.0529. The molecule has 21 heavy (non-hydrogen) atoms. The number of benzene rings is 1. The van der Waals surface area contributed by atoms with Crippen LogP contribution >= 0.6 is 23.1 Å². The Morgan fingerprint density at radius 3 is 2.67 bits per heavy atom. The zero-order chi connectivity index (χ0) is 14.8. The first-order valence-electron chi connectivity index (χ1n) is 6.43. The summed E-state index contributed by atoms with van der Waals surface area (Å²) in [5.41, 5.74) is 2.83. The van der Waals surface area contributed by atoms with Crippen LogP contribution in [0.2, 0.25) is 0 Å². The fraction of sp³-hybridized carbons (Fsp3) is 0.214. The molecular weight excluding hydrogens is 304 g/mol. The van der Waals surface area contributed by atoms with Crippen molar-refractivity contribution in [3.8, 4) is 5.69 Å². The zero-order valence-electron chi connectivity index (χ0n) is 11.7. The largest absolute Gasteiger partial charge is 0.294 e. The number of H-pyrrole nitrogens is 1. The van der Waals surface area contributed by atoms with E-state index in [1.807, 2.05) is 38.1 Å². The van der Waals surface area contributed by atoms with E-state index in [4.69, 9.17) is 0 Å². The Morgan fingerprint density at radius 2 is 2.00 bits per heavy atom. The number of aromatic amines is 1. The standard InChI is InChI=1S/C14H14N4OS2/c1-9-3-5-12(6-4-9)18-13(19)7-11(17-18)8-20-14-16-15-10(2)21-14/h3-7,17H,8H2,1-2H3. The smallest absolute Gasteiger partial charge is 0.271 e. The molecule has 0 aliphatic heterocycles. The number of rotatable bonds is 4. The Hall–Kier alpha value is -1.86. The van der Waals surface area contributed by atoms with Crippen LogP contribution in [0.3, 0.4) is 0 Å². The normalized spacial score (nSPS) is 11.0. The fourth-order valence-electron chi connectivity index (χ4n) is 1.88. The second-order valence-corrected chi connectivity index (χ2v) is 7.07. The molecule has 3 rings (SSSR count). The van der Waals surface area contributed by atoms with Crippen LogP contribution < -0.4 is 5.56 Å². The highest BCUT2D eigenvalue weighted by Gasteiger charge is 2.07. The molecule has 1 aromatic carbocycles. The van der Waals surface area contributed by atoms with Gasteiger partial charge in [-0.25, -0.2) is 4.68 Å². The molecule has 5 nitrogen and oxygen atoms in total. The lowest BCUT2D eigenvalue weighted by molar-refractivity contribution is 0.832. The van der Waals surface area contributed by atoms with Crippen LogP contribution in [0.5, 0.6) is 0 Å². The minimum atomic E-state index is -0.0529. The molecule has 1 N–H and O–H groups in total. The topological polar surface area (TPSA) is 63.6 Å². The first kappa shape index (κ1) is 14.1. The highest BCUT2D eigenvalue weighted by atomic mass is 32.2. The summed E-state index contributed by atoms with van der Waals surface area (Å²) in [7, 11) is 0. The summed E-state index contributed by atoms with van der Waals surface area (Å²) >= 11 is 3.13. The summed E-state index contributed by atoms with van der Waals surface area (Å²) in [6.07, 6.45) is 0. The molecule has 0 saturated heterocycles. The quantitative estimate of drug-likeness (QED) is 0.751. The van der Waals surface area contributed by atoms with Gasteiger partial charge in [-0.1, -0.05) is 40.8 Å². The molecule has 0 spiro atoms. The molecular formula is C14H14N4OS2. The van der Waals surface area contributed by atoms with E-state index in [9.17, 15) is 4.79 Å². The molecule has 108 valence electrons. The Balaban J connectivity index is 1.78. The van der Waals surface area contributed by atoms with Gasteiger partial charge in [0, 0.05) is 17.5 Å². The minimum Gasteiger partial charge on any atom is -0.294 e. The van der Waals surface area contributed by atoms with Gasteiger partial charge in [-0.2, -0.15) is 0 Å². The number of thioether (sulfide) groups is 1. The lowest BCUT2D eigenvalue weighted by Gasteiger charge is -2.02. The van der Waals surface area contributed by atoms with Crippen molar-refractivity contribution in [2.45, 2.75) is 23.9 Å². The monoisotopic (exact) mass is 318 g/mol. The molecule has 0 atom stereocenters. The van der Waals surface area contributed by atoms with Gasteiger partial charge < -0.3 is 0 Å². The lowest BCUT2D eigenvalue weighted by atomic mass is 10.2. The third-order valence-corrected chi connectivity index (χ3v) is 4.95. The Morgan fingerprint density at radius 1 is 1.24 bits per heavy atom. The Kier molecular flexibility index (Phi) is 3.94. The van der Waals surface area contributed by atoms with Crippen LogP contribution in [0.25, 0.3) is 5.69 Å². The second kappa shape index (κ2) is 5.87. The van der Waals surface area contributed by atoms with Gasteiger partial charge in [-0.3, -0.25) is 9.89 Å². The number of hydrogen-bond donors (Lipinski definition) is 1. The number of aromatic nitrogens is 4. The van der Waals surface area contributed by atoms with E-state index in [-0.39, 0.29) is 5.56 Å². The molecule has 0 bridgehead atoms. The van der Waals surface area contributed by atoms with Crippen LogP contribution in [-0.4, -0.2) is 20.0 Å². The maximum Gasteiger partial charge on any atom is 0.271 e. The van der Waals surface area contributed by atoms with E-state index in [1.165, 1.54) is 5.56 Å². The molecule has 3 aromatic rings. The predicted octanol–water partition coefficient (Wildman–Crippen LogP) is 2.93. The van der Waals surface area contributed by atoms with E-state index in [1.54, 1.807) is 33.8 Å². The second-order valence-electron chi connectivity index (χ2n) is 4.67. The SMILES string of the molecule is Cc1ccc(-n2[nH]c(CSc3nnc(C)s3)cc2=O)cc1. The van der Waals surface area contributed by atoms with Crippen molar-refractivity contribution in [3.63, 3.8) is 0 Å². The van der Waals surface area contributed by atoms with E-state index in [0.29, 0.717) is 5.75 Å². The lowest BCUT2D eigenvalue weighted by Crippen LogP contribution is -2.13. The molecule has 7 heteroatoms. The van der Waals surface area contributed by atoms with Crippen molar-refractivity contribution in [1.82, 2.24) is 20.0 Å². The Labute approximate surface area is 130 Å². The summed E-state index contributed by atoms with van der Waals surface area (Å²) in [6.45, 7) is 3.95. The molecule has 0 aliphatic carbocycles. The van der Waals surface area contributed by atoms with Crippen LogP contribution in [0.4, 0.5) is 0 Å². The average Bonchev–Trinajstić information content (AvgIpc) is 3.04. The van der Waals surface area contributed by atoms with Gasteiger partial charge in [-0.15, -0.1) is 10.2 Å². The molecule has 0 fully saturated rings. The van der Waals surface area contributed by atoms with Crippen LogP contribution in [0, 0.1) is 13.8 Å². The van der Waals surface area contributed by atoms with Crippen LogP contribution in [0.15, 0.2) is 39.5 Å². The van der Waals surface area contributed by atoms with Gasteiger partial charge in [0.1, 0.15) is 5.01 Å². The predicted molar refractivity (Wildman–Crippen MR) is 85.3 cm³/mol. The molecule has 0 radical (unpaired) electrons. The fourth-order valence-corrected chi connectivity index (χ4v) is 3.60. The van der Waals surface area contributed by atoms with Gasteiger partial charge in [0.2, 0.25) is 0 Å². The maximum atomic E-state index is 12.0. The van der Waals surface area contributed by atoms with E-state index in [2.05, 4.69) is 15.3 Å². The number of nitrogens with one attached hydrogen (secondary N) is 1. The molecule has 0 saturated carbocycles. The van der Waals surface area contributed by atoms with Crippen molar-refractivity contribution < 1.29 is 0 Å². The van der Waals surface area contributed by atoms with Crippen molar-refractivity contribution in [3.05, 3.63) is 57.0 Å².